The zero-order valence-electron chi connectivity index (χ0n) is 15.3. The van der Waals surface area contributed by atoms with Gasteiger partial charge in [-0.3, -0.25) is 4.79 Å². The first kappa shape index (κ1) is 19.9. The highest BCUT2D eigenvalue weighted by molar-refractivity contribution is 9.10. The average Bonchev–Trinajstić information content (AvgIpc) is 2.94. The van der Waals surface area contributed by atoms with Gasteiger partial charge in [-0.1, -0.05) is 12.1 Å². The van der Waals surface area contributed by atoms with Crippen LogP contribution in [0, 0.1) is 0 Å². The predicted octanol–water partition coefficient (Wildman–Crippen LogP) is 3.23. The number of hydrogen-bond acceptors (Lipinski definition) is 4. The van der Waals surface area contributed by atoms with Gasteiger partial charge in [-0.2, -0.15) is 0 Å². The second-order valence-electron chi connectivity index (χ2n) is 6.53. The third-order valence-electron chi connectivity index (χ3n) is 4.60. The molecule has 1 aliphatic rings. The first-order chi connectivity index (χ1) is 12.7. The molecular weight excluding hydrogens is 432 g/mol. The Labute approximate surface area is 167 Å². The molecule has 0 saturated heterocycles. The molecule has 1 N–H and O–H groups in total. The Bertz CT molecular complexity index is 974. The van der Waals surface area contributed by atoms with E-state index < -0.39 is 10.0 Å². The fraction of sp³-hybridized carbons (Fsp3) is 0.316. The van der Waals surface area contributed by atoms with Gasteiger partial charge in [0, 0.05) is 29.7 Å². The summed E-state index contributed by atoms with van der Waals surface area (Å²) in [6.45, 7) is 3.60. The van der Waals surface area contributed by atoms with Crippen LogP contribution in [0.1, 0.15) is 25.0 Å². The Balaban J connectivity index is 1.87. The number of nitrogens with zero attached hydrogens (tertiary/aromatic N) is 1. The van der Waals surface area contributed by atoms with Crippen LogP contribution in [0.2, 0.25) is 0 Å². The normalized spacial score (nSPS) is 16.3. The van der Waals surface area contributed by atoms with Gasteiger partial charge >= 0.3 is 0 Å². The molecule has 0 saturated carbocycles. The van der Waals surface area contributed by atoms with Crippen LogP contribution < -0.4 is 14.4 Å². The minimum atomic E-state index is -3.76. The molecule has 8 heteroatoms. The summed E-state index contributed by atoms with van der Waals surface area (Å²) in [6, 6.07) is 10.5. The molecule has 0 radical (unpaired) electrons. The number of anilines is 1. The molecule has 0 aromatic heterocycles. The van der Waals surface area contributed by atoms with Gasteiger partial charge in [-0.15, -0.1) is 0 Å². The van der Waals surface area contributed by atoms with E-state index in [-0.39, 0.29) is 23.4 Å². The molecule has 144 valence electrons. The van der Waals surface area contributed by atoms with Crippen LogP contribution in [0.25, 0.3) is 0 Å². The maximum Gasteiger partial charge on any atom is 0.242 e. The van der Waals surface area contributed by atoms with E-state index in [4.69, 9.17) is 4.74 Å². The topological polar surface area (TPSA) is 75.7 Å². The number of amides is 1. The Hall–Kier alpha value is -1.90. The van der Waals surface area contributed by atoms with E-state index in [9.17, 15) is 13.2 Å². The van der Waals surface area contributed by atoms with Crippen molar-refractivity contribution >= 4 is 37.5 Å². The van der Waals surface area contributed by atoms with E-state index in [1.165, 1.54) is 6.92 Å². The van der Waals surface area contributed by atoms with Crippen LogP contribution in [-0.2, 0) is 27.8 Å². The molecule has 0 fully saturated rings. The predicted molar refractivity (Wildman–Crippen MR) is 107 cm³/mol. The fourth-order valence-electron chi connectivity index (χ4n) is 3.30. The number of benzene rings is 2. The molecule has 3 rings (SSSR count). The molecule has 1 heterocycles. The Morgan fingerprint density at radius 3 is 2.56 bits per heavy atom. The third kappa shape index (κ3) is 4.02. The highest BCUT2D eigenvalue weighted by atomic mass is 79.9. The maximum atomic E-state index is 12.8. The minimum Gasteiger partial charge on any atom is -0.497 e. The summed E-state index contributed by atoms with van der Waals surface area (Å²) in [4.78, 5) is 13.7. The molecule has 1 aliphatic heterocycles. The molecule has 1 unspecified atom stereocenters. The molecule has 0 aliphatic carbocycles. The van der Waals surface area contributed by atoms with Crippen molar-refractivity contribution in [3.8, 4) is 5.75 Å². The summed E-state index contributed by atoms with van der Waals surface area (Å²) in [5.74, 6) is 0.611. The van der Waals surface area contributed by atoms with Crippen molar-refractivity contribution < 1.29 is 17.9 Å². The van der Waals surface area contributed by atoms with E-state index in [2.05, 4.69) is 20.7 Å². The number of fused-ring (bicyclic) bond motifs is 1. The summed E-state index contributed by atoms with van der Waals surface area (Å²) in [5, 5.41) is 0. The molecule has 2 aromatic carbocycles. The van der Waals surface area contributed by atoms with E-state index in [0.29, 0.717) is 22.3 Å². The van der Waals surface area contributed by atoms with Crippen molar-refractivity contribution in [3.05, 3.63) is 52.0 Å². The van der Waals surface area contributed by atoms with Gasteiger partial charge in [0.15, 0.2) is 0 Å². The molecule has 0 bridgehead atoms. The molecule has 6 nitrogen and oxygen atoms in total. The van der Waals surface area contributed by atoms with Crippen LogP contribution in [0.4, 0.5) is 5.69 Å². The number of halogens is 1. The van der Waals surface area contributed by atoms with Gasteiger partial charge in [-0.25, -0.2) is 13.1 Å². The first-order valence-corrected chi connectivity index (χ1v) is 10.8. The van der Waals surface area contributed by atoms with Gasteiger partial charge in [0.25, 0.3) is 0 Å². The van der Waals surface area contributed by atoms with Gasteiger partial charge in [0.2, 0.25) is 15.9 Å². The van der Waals surface area contributed by atoms with Crippen LogP contribution >= 0.6 is 15.9 Å². The first-order valence-electron chi connectivity index (χ1n) is 8.47. The summed E-state index contributed by atoms with van der Waals surface area (Å²) in [6.07, 6.45) is 0.702. The standard InChI is InChI=1S/C19H21BrN2O4S/c1-12-8-15-9-17(20)19(10-18(15)22(12)13(2)23)27(24,25)21-11-14-4-6-16(26-3)7-5-14/h4-7,9-10,12,21H,8,11H2,1-3H3. The molecule has 0 spiro atoms. The second kappa shape index (κ2) is 7.61. The largest absolute Gasteiger partial charge is 0.497 e. The molecule has 27 heavy (non-hydrogen) atoms. The zero-order valence-corrected chi connectivity index (χ0v) is 17.7. The highest BCUT2D eigenvalue weighted by Crippen LogP contribution is 2.38. The Morgan fingerprint density at radius 1 is 1.30 bits per heavy atom. The van der Waals surface area contributed by atoms with E-state index in [1.807, 2.05) is 6.92 Å². The number of carbonyl (C=O) groups excluding carboxylic acids is 1. The lowest BCUT2D eigenvalue weighted by atomic mass is 10.1. The van der Waals surface area contributed by atoms with E-state index in [0.717, 1.165) is 11.1 Å². The number of methoxy groups -OCH3 is 1. The third-order valence-corrected chi connectivity index (χ3v) is 6.96. The lowest BCUT2D eigenvalue weighted by Gasteiger charge is -2.21. The van der Waals surface area contributed by atoms with Crippen LogP contribution in [0.5, 0.6) is 5.75 Å². The number of carbonyl (C=O) groups is 1. The van der Waals surface area contributed by atoms with Crippen molar-refractivity contribution in [1.29, 1.82) is 0 Å². The minimum absolute atomic E-state index is 0.00890. The Morgan fingerprint density at radius 2 is 1.96 bits per heavy atom. The molecule has 2 aromatic rings. The monoisotopic (exact) mass is 452 g/mol. The van der Waals surface area contributed by atoms with E-state index >= 15 is 0 Å². The highest BCUT2D eigenvalue weighted by Gasteiger charge is 2.31. The number of hydrogen-bond donors (Lipinski definition) is 1. The lowest BCUT2D eigenvalue weighted by molar-refractivity contribution is -0.116. The van der Waals surface area contributed by atoms with Gasteiger partial charge in [0.1, 0.15) is 5.75 Å². The van der Waals surface area contributed by atoms with Crippen molar-refractivity contribution in [3.63, 3.8) is 0 Å². The number of nitrogens with one attached hydrogen (secondary N) is 1. The molecule has 1 atom stereocenters. The lowest BCUT2D eigenvalue weighted by Crippen LogP contribution is -2.33. The van der Waals surface area contributed by atoms with Crippen molar-refractivity contribution in [2.75, 3.05) is 12.0 Å². The van der Waals surface area contributed by atoms with Crippen molar-refractivity contribution in [2.45, 2.75) is 37.8 Å². The van der Waals surface area contributed by atoms with Crippen molar-refractivity contribution in [2.24, 2.45) is 0 Å². The quantitative estimate of drug-likeness (QED) is 0.755. The van der Waals surface area contributed by atoms with Gasteiger partial charge in [0.05, 0.1) is 12.0 Å². The summed E-state index contributed by atoms with van der Waals surface area (Å²) in [5.41, 5.74) is 2.43. The maximum absolute atomic E-state index is 12.8. The van der Waals surface area contributed by atoms with Crippen LogP contribution in [0.15, 0.2) is 45.8 Å². The molecular formula is C19H21BrN2O4S. The molecule has 1 amide bonds. The van der Waals surface area contributed by atoms with Crippen LogP contribution in [0.3, 0.4) is 0 Å². The Kier molecular flexibility index (Phi) is 5.60. The smallest absolute Gasteiger partial charge is 0.242 e. The summed E-state index contributed by atoms with van der Waals surface area (Å²) >= 11 is 3.37. The summed E-state index contributed by atoms with van der Waals surface area (Å²) in [7, 11) is -2.18. The number of sulfonamides is 1. The van der Waals surface area contributed by atoms with E-state index in [1.54, 1.807) is 48.4 Å². The van der Waals surface area contributed by atoms with Gasteiger partial charge < -0.3 is 9.64 Å². The summed E-state index contributed by atoms with van der Waals surface area (Å²) < 4.78 is 33.9. The number of rotatable bonds is 5. The number of ether oxygens (including phenoxy) is 1. The zero-order chi connectivity index (χ0) is 19.8. The average molecular weight is 453 g/mol. The SMILES string of the molecule is COc1ccc(CNS(=O)(=O)c2cc3c(cc2Br)CC(C)N3C(C)=O)cc1. The second-order valence-corrected chi connectivity index (χ2v) is 9.12. The fourth-order valence-corrected chi connectivity index (χ4v) is 5.43. The van der Waals surface area contributed by atoms with Crippen LogP contribution in [-0.4, -0.2) is 27.5 Å². The van der Waals surface area contributed by atoms with Crippen molar-refractivity contribution in [1.82, 2.24) is 4.72 Å². The van der Waals surface area contributed by atoms with Gasteiger partial charge in [-0.05, 0) is 64.7 Å².